The maximum absolute atomic E-state index is 12.4. The van der Waals surface area contributed by atoms with E-state index in [1.54, 1.807) is 45.0 Å². The number of esters is 1. The minimum absolute atomic E-state index is 0.0694. The van der Waals surface area contributed by atoms with E-state index in [1.165, 1.54) is 6.92 Å². The van der Waals surface area contributed by atoms with Crippen LogP contribution in [0.25, 0.3) is 10.8 Å². The Hall–Kier alpha value is -3.29. The third-order valence-corrected chi connectivity index (χ3v) is 3.41. The first-order chi connectivity index (χ1) is 12.6. The molecule has 0 saturated carbocycles. The van der Waals surface area contributed by atoms with Crippen molar-refractivity contribution in [2.24, 2.45) is 16.5 Å². The molecule has 1 amide bonds. The van der Waals surface area contributed by atoms with Crippen LogP contribution in [0.4, 0.5) is 10.5 Å². The van der Waals surface area contributed by atoms with Gasteiger partial charge in [0.1, 0.15) is 17.4 Å². The van der Waals surface area contributed by atoms with E-state index in [1.807, 2.05) is 12.1 Å². The lowest BCUT2D eigenvalue weighted by atomic mass is 10.1. The molecule has 0 saturated heterocycles. The highest BCUT2D eigenvalue weighted by Gasteiger charge is 2.23. The second-order valence-electron chi connectivity index (χ2n) is 6.95. The highest BCUT2D eigenvalue weighted by molar-refractivity contribution is 6.00. The number of alkyl carbamates (subject to hydrolysis) is 1. The summed E-state index contributed by atoms with van der Waals surface area (Å²) in [5.41, 5.74) is 10.8. The Morgan fingerprint density at radius 3 is 2.30 bits per heavy atom. The van der Waals surface area contributed by atoms with Crippen LogP contribution >= 0.6 is 0 Å². The number of nitrogens with zero attached hydrogens (tertiary/aromatic N) is 1. The van der Waals surface area contributed by atoms with Crippen molar-refractivity contribution in [1.82, 2.24) is 5.32 Å². The van der Waals surface area contributed by atoms with Crippen molar-refractivity contribution in [1.29, 1.82) is 0 Å². The quantitative estimate of drug-likeness (QED) is 0.327. The maximum Gasteiger partial charge on any atom is 0.408 e. The summed E-state index contributed by atoms with van der Waals surface area (Å²) in [5.74, 6) is -0.358. The van der Waals surface area contributed by atoms with Crippen LogP contribution in [0.2, 0.25) is 0 Å². The molecule has 2 aromatic rings. The van der Waals surface area contributed by atoms with Gasteiger partial charge in [-0.15, -0.1) is 0 Å². The molecule has 8 heteroatoms. The molecule has 0 unspecified atom stereocenters. The van der Waals surface area contributed by atoms with E-state index in [0.717, 1.165) is 5.39 Å². The first-order valence-corrected chi connectivity index (χ1v) is 8.39. The number of aliphatic imine (C=N–C) groups is 1. The average Bonchev–Trinajstić information content (AvgIpc) is 2.54. The van der Waals surface area contributed by atoms with Gasteiger partial charge in [0.05, 0.1) is 5.69 Å². The van der Waals surface area contributed by atoms with Gasteiger partial charge in [-0.2, -0.15) is 0 Å². The standard InChI is InChI=1S/C19H24N4O4/c1-11(22-18(25)27-19(2,3)4)16(24)26-15-10-9-14(23-17(20)21)12-7-5-6-8-13(12)15/h5-11H,1-4H3,(H,22,25)(H4,20,21,23)/t11-/m1/s1. The highest BCUT2D eigenvalue weighted by Crippen LogP contribution is 2.33. The fourth-order valence-corrected chi connectivity index (χ4v) is 2.32. The lowest BCUT2D eigenvalue weighted by Gasteiger charge is -2.21. The third-order valence-electron chi connectivity index (χ3n) is 3.41. The fourth-order valence-electron chi connectivity index (χ4n) is 2.32. The Balaban J connectivity index is 2.20. The minimum Gasteiger partial charge on any atom is -0.444 e. The molecular formula is C19H24N4O4. The van der Waals surface area contributed by atoms with Crippen molar-refractivity contribution in [3.05, 3.63) is 36.4 Å². The van der Waals surface area contributed by atoms with Crippen LogP contribution in [0.1, 0.15) is 27.7 Å². The molecule has 0 aliphatic rings. The Bertz CT molecular complexity index is 883. The number of amides is 1. The number of guanidine groups is 1. The summed E-state index contributed by atoms with van der Waals surface area (Å²) in [4.78, 5) is 28.2. The smallest absolute Gasteiger partial charge is 0.408 e. The van der Waals surface area contributed by atoms with Crippen molar-refractivity contribution in [2.45, 2.75) is 39.3 Å². The van der Waals surface area contributed by atoms with Gasteiger partial charge in [0, 0.05) is 10.8 Å². The Kier molecular flexibility index (Phi) is 5.89. The molecule has 1 atom stereocenters. The van der Waals surface area contributed by atoms with Crippen LogP contribution in [0.3, 0.4) is 0 Å². The maximum atomic E-state index is 12.4. The van der Waals surface area contributed by atoms with Crippen molar-refractivity contribution in [3.8, 4) is 5.75 Å². The molecular weight excluding hydrogens is 348 g/mol. The van der Waals surface area contributed by atoms with E-state index in [2.05, 4.69) is 10.3 Å². The van der Waals surface area contributed by atoms with Gasteiger partial charge >= 0.3 is 12.1 Å². The number of fused-ring (bicyclic) bond motifs is 1. The van der Waals surface area contributed by atoms with Gasteiger partial charge in [-0.1, -0.05) is 24.3 Å². The lowest BCUT2D eigenvalue weighted by Crippen LogP contribution is -2.43. The largest absolute Gasteiger partial charge is 0.444 e. The van der Waals surface area contributed by atoms with Crippen LogP contribution in [-0.4, -0.2) is 29.7 Å². The van der Waals surface area contributed by atoms with E-state index >= 15 is 0 Å². The highest BCUT2D eigenvalue weighted by atomic mass is 16.6. The third kappa shape index (κ3) is 5.60. The number of hydrogen-bond acceptors (Lipinski definition) is 5. The summed E-state index contributed by atoms with van der Waals surface area (Å²) >= 11 is 0. The molecule has 0 spiro atoms. The Morgan fingerprint density at radius 1 is 1.07 bits per heavy atom. The summed E-state index contributed by atoms with van der Waals surface area (Å²) in [6.07, 6.45) is -0.695. The number of carbonyl (C=O) groups excluding carboxylic acids is 2. The zero-order chi connectivity index (χ0) is 20.2. The summed E-state index contributed by atoms with van der Waals surface area (Å²) in [7, 11) is 0. The first kappa shape index (κ1) is 20.0. The number of benzene rings is 2. The number of carbonyl (C=O) groups is 2. The van der Waals surface area contributed by atoms with Gasteiger partial charge in [-0.25, -0.2) is 14.6 Å². The van der Waals surface area contributed by atoms with Crippen molar-refractivity contribution in [2.75, 3.05) is 0 Å². The predicted octanol–water partition coefficient (Wildman–Crippen LogP) is 2.56. The summed E-state index contributed by atoms with van der Waals surface area (Å²) in [6, 6.07) is 9.59. The number of hydrogen-bond donors (Lipinski definition) is 3. The van der Waals surface area contributed by atoms with E-state index in [-0.39, 0.29) is 5.96 Å². The van der Waals surface area contributed by atoms with Gasteiger partial charge in [-0.05, 0) is 39.8 Å². The van der Waals surface area contributed by atoms with E-state index in [0.29, 0.717) is 16.8 Å². The second-order valence-corrected chi connectivity index (χ2v) is 6.95. The monoisotopic (exact) mass is 372 g/mol. The topological polar surface area (TPSA) is 129 Å². The molecule has 0 radical (unpaired) electrons. The molecule has 0 bridgehead atoms. The summed E-state index contributed by atoms with van der Waals surface area (Å²) < 4.78 is 10.6. The van der Waals surface area contributed by atoms with Crippen LogP contribution in [0, 0.1) is 0 Å². The van der Waals surface area contributed by atoms with Gasteiger partial charge in [0.2, 0.25) is 0 Å². The second kappa shape index (κ2) is 7.94. The molecule has 0 aliphatic carbocycles. The van der Waals surface area contributed by atoms with Gasteiger partial charge in [0.25, 0.3) is 0 Å². The zero-order valence-corrected chi connectivity index (χ0v) is 15.8. The van der Waals surface area contributed by atoms with Crippen molar-refractivity contribution in [3.63, 3.8) is 0 Å². The SMILES string of the molecule is C[C@@H](NC(=O)OC(C)(C)C)C(=O)Oc1ccc(N=C(N)N)c2ccccc12. The molecule has 2 aromatic carbocycles. The van der Waals surface area contributed by atoms with E-state index < -0.39 is 23.7 Å². The van der Waals surface area contributed by atoms with Crippen LogP contribution in [0.15, 0.2) is 41.4 Å². The summed E-state index contributed by atoms with van der Waals surface area (Å²) in [6.45, 7) is 6.72. The Morgan fingerprint density at radius 2 is 1.70 bits per heavy atom. The number of ether oxygens (including phenoxy) is 2. The number of nitrogens with one attached hydrogen (secondary N) is 1. The first-order valence-electron chi connectivity index (χ1n) is 8.39. The lowest BCUT2D eigenvalue weighted by molar-refractivity contribution is -0.136. The zero-order valence-electron chi connectivity index (χ0n) is 15.8. The fraction of sp³-hybridized carbons (Fsp3) is 0.316. The molecule has 27 heavy (non-hydrogen) atoms. The van der Waals surface area contributed by atoms with Gasteiger partial charge < -0.3 is 26.3 Å². The molecule has 8 nitrogen and oxygen atoms in total. The van der Waals surface area contributed by atoms with Crippen LogP contribution < -0.4 is 21.5 Å². The van der Waals surface area contributed by atoms with Crippen molar-refractivity contribution >= 4 is 34.5 Å². The number of rotatable bonds is 4. The minimum atomic E-state index is -0.893. The normalized spacial score (nSPS) is 12.1. The van der Waals surface area contributed by atoms with E-state index in [9.17, 15) is 9.59 Å². The van der Waals surface area contributed by atoms with Crippen molar-refractivity contribution < 1.29 is 19.1 Å². The molecule has 0 fully saturated rings. The summed E-state index contributed by atoms with van der Waals surface area (Å²) in [5, 5.41) is 3.84. The molecule has 0 aromatic heterocycles. The van der Waals surface area contributed by atoms with E-state index in [4.69, 9.17) is 20.9 Å². The Labute approximate surface area is 157 Å². The average molecular weight is 372 g/mol. The predicted molar refractivity (Wildman–Crippen MR) is 104 cm³/mol. The molecule has 0 aliphatic heterocycles. The van der Waals surface area contributed by atoms with Gasteiger partial charge in [0.15, 0.2) is 5.96 Å². The molecule has 5 N–H and O–H groups in total. The van der Waals surface area contributed by atoms with Crippen LogP contribution in [-0.2, 0) is 9.53 Å². The molecule has 144 valence electrons. The molecule has 2 rings (SSSR count). The van der Waals surface area contributed by atoms with Crippen LogP contribution in [0.5, 0.6) is 5.75 Å². The number of nitrogens with two attached hydrogens (primary N) is 2. The molecule has 0 heterocycles. The van der Waals surface area contributed by atoms with Gasteiger partial charge in [-0.3, -0.25) is 0 Å².